The Morgan fingerprint density at radius 2 is 1.54 bits per heavy atom. The second-order valence-electron chi connectivity index (χ2n) is 11.4. The summed E-state index contributed by atoms with van der Waals surface area (Å²) in [4.78, 5) is 11.2. The molecule has 3 aliphatic rings. The summed E-state index contributed by atoms with van der Waals surface area (Å²) in [5.74, 6) is 0.219. The molecular formula is C34H33O4P. The largest absolute Gasteiger partial charge is 0.527 e. The van der Waals surface area contributed by atoms with Gasteiger partial charge in [-0.05, 0) is 85.4 Å². The van der Waals surface area contributed by atoms with Gasteiger partial charge >= 0.3 is 7.82 Å². The Morgan fingerprint density at radius 3 is 2.31 bits per heavy atom. The topological polar surface area (TPSA) is 55.8 Å². The summed E-state index contributed by atoms with van der Waals surface area (Å²) < 4.78 is 26.1. The van der Waals surface area contributed by atoms with Gasteiger partial charge in [0.1, 0.15) is 5.75 Å². The SMILES string of the molecule is Cc1ccc(-c2cc3c(c4c2OP(=O)(O)O[C@@H]2C(c5ccc(C)cc5)Cc5ccccc5[C@H]42)CCCC3)cc1. The van der Waals surface area contributed by atoms with E-state index in [4.69, 9.17) is 9.05 Å². The normalized spacial score (nSPS) is 25.4. The molecule has 39 heavy (non-hydrogen) atoms. The Bertz CT molecular complexity index is 1610. The second-order valence-corrected chi connectivity index (χ2v) is 12.7. The molecule has 7 rings (SSSR count). The van der Waals surface area contributed by atoms with E-state index in [-0.39, 0.29) is 11.8 Å². The van der Waals surface area contributed by atoms with Crippen molar-refractivity contribution in [3.8, 4) is 16.9 Å². The van der Waals surface area contributed by atoms with Gasteiger partial charge in [-0.3, -0.25) is 9.42 Å². The van der Waals surface area contributed by atoms with Crippen LogP contribution in [0.15, 0.2) is 78.9 Å². The summed E-state index contributed by atoms with van der Waals surface area (Å²) in [5, 5.41) is 0. The van der Waals surface area contributed by atoms with Crippen LogP contribution in [0.3, 0.4) is 0 Å². The van der Waals surface area contributed by atoms with Gasteiger partial charge in [0, 0.05) is 23.0 Å². The van der Waals surface area contributed by atoms with Crippen LogP contribution >= 0.6 is 7.82 Å². The van der Waals surface area contributed by atoms with Crippen molar-refractivity contribution in [2.75, 3.05) is 0 Å². The van der Waals surface area contributed by atoms with E-state index in [1.807, 2.05) is 0 Å². The fourth-order valence-corrected chi connectivity index (χ4v) is 7.99. The molecule has 4 atom stereocenters. The minimum atomic E-state index is -4.42. The van der Waals surface area contributed by atoms with Crippen molar-refractivity contribution in [2.24, 2.45) is 0 Å². The molecule has 1 heterocycles. The van der Waals surface area contributed by atoms with Gasteiger partial charge in [0.15, 0.2) is 0 Å². The lowest BCUT2D eigenvalue weighted by Gasteiger charge is -2.39. The minimum absolute atomic E-state index is 0.0807. The van der Waals surface area contributed by atoms with Gasteiger partial charge in [0.25, 0.3) is 0 Å². The van der Waals surface area contributed by atoms with Gasteiger partial charge in [-0.25, -0.2) is 4.57 Å². The molecule has 0 amide bonds. The highest BCUT2D eigenvalue weighted by molar-refractivity contribution is 7.47. The van der Waals surface area contributed by atoms with Crippen molar-refractivity contribution in [3.63, 3.8) is 0 Å². The van der Waals surface area contributed by atoms with Crippen molar-refractivity contribution in [2.45, 2.75) is 63.9 Å². The third-order valence-electron chi connectivity index (χ3n) is 8.84. The van der Waals surface area contributed by atoms with Gasteiger partial charge < -0.3 is 4.52 Å². The first-order chi connectivity index (χ1) is 18.9. The zero-order chi connectivity index (χ0) is 26.7. The number of rotatable bonds is 2. The average molecular weight is 537 g/mol. The lowest BCUT2D eigenvalue weighted by Crippen LogP contribution is -2.35. The highest BCUT2D eigenvalue weighted by Gasteiger charge is 2.49. The van der Waals surface area contributed by atoms with Crippen molar-refractivity contribution in [1.29, 1.82) is 0 Å². The molecule has 5 heteroatoms. The summed E-state index contributed by atoms with van der Waals surface area (Å²) in [7, 11) is -4.42. The summed E-state index contributed by atoms with van der Waals surface area (Å²) in [5.41, 5.74) is 11.4. The molecule has 0 bridgehead atoms. The molecule has 1 N–H and O–H groups in total. The lowest BCUT2D eigenvalue weighted by atomic mass is 9.67. The summed E-state index contributed by atoms with van der Waals surface area (Å²) in [6, 6.07) is 27.6. The number of hydrogen-bond donors (Lipinski definition) is 1. The van der Waals surface area contributed by atoms with Crippen LogP contribution in [-0.4, -0.2) is 11.0 Å². The number of benzene rings is 4. The second kappa shape index (κ2) is 9.48. The predicted octanol–water partition coefficient (Wildman–Crippen LogP) is 8.20. The van der Waals surface area contributed by atoms with E-state index in [2.05, 4.69) is 92.7 Å². The fourth-order valence-electron chi connectivity index (χ4n) is 6.94. The Morgan fingerprint density at radius 1 is 0.846 bits per heavy atom. The van der Waals surface area contributed by atoms with Crippen LogP contribution in [0.2, 0.25) is 0 Å². The van der Waals surface area contributed by atoms with Crippen molar-refractivity contribution < 1.29 is 18.5 Å². The molecule has 2 aliphatic carbocycles. The number of phosphoric acid groups is 1. The van der Waals surface area contributed by atoms with E-state index in [9.17, 15) is 9.46 Å². The molecular weight excluding hydrogens is 503 g/mol. The monoisotopic (exact) mass is 536 g/mol. The summed E-state index contributed by atoms with van der Waals surface area (Å²) in [6.45, 7) is 4.15. The van der Waals surface area contributed by atoms with E-state index in [0.717, 1.165) is 54.4 Å². The molecule has 0 aromatic heterocycles. The third-order valence-corrected chi connectivity index (χ3v) is 9.76. The van der Waals surface area contributed by atoms with Gasteiger partial charge in [-0.1, -0.05) is 83.9 Å². The van der Waals surface area contributed by atoms with E-state index in [1.54, 1.807) is 0 Å². The van der Waals surface area contributed by atoms with Gasteiger partial charge in [-0.15, -0.1) is 0 Å². The molecule has 1 aliphatic heterocycles. The summed E-state index contributed by atoms with van der Waals surface area (Å²) in [6.07, 6.45) is 4.40. The van der Waals surface area contributed by atoms with Crippen LogP contribution in [-0.2, 0) is 28.4 Å². The molecule has 4 nitrogen and oxygen atoms in total. The van der Waals surface area contributed by atoms with Crippen LogP contribution < -0.4 is 4.52 Å². The predicted molar refractivity (Wildman–Crippen MR) is 154 cm³/mol. The van der Waals surface area contributed by atoms with Crippen LogP contribution in [0.4, 0.5) is 0 Å². The van der Waals surface area contributed by atoms with E-state index >= 15 is 0 Å². The molecule has 0 saturated heterocycles. The first-order valence-electron chi connectivity index (χ1n) is 14.0. The molecule has 0 radical (unpaired) electrons. The zero-order valence-electron chi connectivity index (χ0n) is 22.4. The van der Waals surface area contributed by atoms with Crippen molar-refractivity contribution in [1.82, 2.24) is 0 Å². The minimum Gasteiger partial charge on any atom is -0.403 e. The van der Waals surface area contributed by atoms with Crippen molar-refractivity contribution in [3.05, 3.63) is 123 Å². The number of phosphoric ester groups is 1. The average Bonchev–Trinajstić information content (AvgIpc) is 3.06. The molecule has 0 saturated carbocycles. The van der Waals surface area contributed by atoms with Crippen LogP contribution in [0.5, 0.6) is 5.75 Å². The quantitative estimate of drug-likeness (QED) is 0.262. The maximum absolute atomic E-state index is 13.7. The van der Waals surface area contributed by atoms with Crippen LogP contribution in [0, 0.1) is 13.8 Å². The summed E-state index contributed by atoms with van der Waals surface area (Å²) >= 11 is 0. The number of hydrogen-bond acceptors (Lipinski definition) is 3. The third kappa shape index (κ3) is 4.36. The van der Waals surface area contributed by atoms with Gasteiger partial charge in [0.05, 0.1) is 6.10 Å². The van der Waals surface area contributed by atoms with E-state index < -0.39 is 13.9 Å². The molecule has 4 aromatic carbocycles. The fraction of sp³-hybridized carbons (Fsp3) is 0.294. The number of aryl methyl sites for hydroxylation is 3. The first kappa shape index (κ1) is 24.8. The standard InChI is InChI=1S/C34H33O4P/c1-21-11-15-23(16-12-21)29-19-25-7-3-5-9-27(25)31-32-28-10-6-4-8-26(28)20-30(24-17-13-22(2)14-18-24)34(32)38-39(35,36)37-33(29)31/h3,5,7,9,11-18,20,29,31,33H,4,6,8,10,19H2,1-2H3,(H,35,36)/t29?,31-,33-/m1/s1. The number of fused-ring (bicyclic) bond motifs is 7. The van der Waals surface area contributed by atoms with Gasteiger partial charge in [0.2, 0.25) is 0 Å². The Kier molecular flexibility index (Phi) is 6.04. The molecule has 0 spiro atoms. The van der Waals surface area contributed by atoms with E-state index in [1.165, 1.54) is 33.4 Å². The highest BCUT2D eigenvalue weighted by atomic mass is 31.2. The van der Waals surface area contributed by atoms with Crippen molar-refractivity contribution >= 4 is 7.82 Å². The van der Waals surface area contributed by atoms with E-state index in [0.29, 0.717) is 5.75 Å². The first-order valence-corrected chi connectivity index (χ1v) is 15.5. The maximum Gasteiger partial charge on any atom is 0.527 e. The van der Waals surface area contributed by atoms with Gasteiger partial charge in [-0.2, -0.15) is 0 Å². The zero-order valence-corrected chi connectivity index (χ0v) is 23.3. The Balaban J connectivity index is 1.53. The Labute approximate surface area is 230 Å². The molecule has 2 unspecified atom stereocenters. The highest BCUT2D eigenvalue weighted by Crippen LogP contribution is 2.61. The molecule has 0 fully saturated rings. The van der Waals surface area contributed by atoms with Crippen LogP contribution in [0.1, 0.15) is 69.2 Å². The lowest BCUT2D eigenvalue weighted by molar-refractivity contribution is 0.107. The smallest absolute Gasteiger partial charge is 0.403 e. The molecule has 198 valence electrons. The Hall–Kier alpha value is -3.17. The van der Waals surface area contributed by atoms with Crippen LogP contribution in [0.25, 0.3) is 11.1 Å². The molecule has 4 aromatic rings. The maximum atomic E-state index is 13.7.